The van der Waals surface area contributed by atoms with Crippen molar-refractivity contribution in [2.45, 2.75) is 24.9 Å². The molecule has 8 nitrogen and oxygen atoms in total. The van der Waals surface area contributed by atoms with E-state index in [0.29, 0.717) is 5.56 Å². The third-order valence-electron chi connectivity index (χ3n) is 7.37. The minimum absolute atomic E-state index is 0.00112. The van der Waals surface area contributed by atoms with Crippen molar-refractivity contribution in [3.8, 4) is 16.9 Å². The molecule has 168 valence electrons. The zero-order valence-corrected chi connectivity index (χ0v) is 17.5. The van der Waals surface area contributed by atoms with E-state index >= 15 is 0 Å². The van der Waals surface area contributed by atoms with Gasteiger partial charge in [-0.3, -0.25) is 24.0 Å². The molecule has 0 heterocycles. The molecule has 0 aromatic heterocycles. The third-order valence-corrected chi connectivity index (χ3v) is 7.37. The van der Waals surface area contributed by atoms with Crippen molar-refractivity contribution in [2.75, 3.05) is 0 Å². The summed E-state index contributed by atoms with van der Waals surface area (Å²) < 4.78 is 0. The van der Waals surface area contributed by atoms with Gasteiger partial charge in [0, 0.05) is 12.3 Å². The molecule has 2 saturated carbocycles. The van der Waals surface area contributed by atoms with E-state index in [-0.39, 0.29) is 30.6 Å². The van der Waals surface area contributed by atoms with Crippen LogP contribution < -0.4 is 5.73 Å². The number of hydrogen-bond acceptors (Lipinski definition) is 7. The highest BCUT2D eigenvalue weighted by atomic mass is 16.3. The molecule has 1 amide bonds. The zero-order chi connectivity index (χ0) is 23.7. The number of phenolic OH excluding ortho intramolecular Hbond substituents is 1. The molecular weight excluding hydrogens is 426 g/mol. The summed E-state index contributed by atoms with van der Waals surface area (Å²) in [5, 5.41) is 21.7. The topological polar surface area (TPSA) is 152 Å². The van der Waals surface area contributed by atoms with E-state index in [0.717, 1.165) is 11.1 Å². The van der Waals surface area contributed by atoms with Crippen molar-refractivity contribution in [1.82, 2.24) is 0 Å². The first-order valence-corrected chi connectivity index (χ1v) is 10.7. The van der Waals surface area contributed by atoms with Gasteiger partial charge in [-0.05, 0) is 41.5 Å². The van der Waals surface area contributed by atoms with Gasteiger partial charge in [-0.15, -0.1) is 0 Å². The normalized spacial score (nSPS) is 30.9. The van der Waals surface area contributed by atoms with Gasteiger partial charge in [-0.25, -0.2) is 0 Å². The fourth-order valence-corrected chi connectivity index (χ4v) is 5.86. The van der Waals surface area contributed by atoms with Crippen LogP contribution >= 0.6 is 0 Å². The smallest absolute Gasteiger partial charge is 0.235 e. The highest BCUT2D eigenvalue weighted by Crippen LogP contribution is 2.51. The Bertz CT molecular complexity index is 1250. The summed E-state index contributed by atoms with van der Waals surface area (Å²) in [5.41, 5.74) is 4.73. The molecule has 2 unspecified atom stereocenters. The van der Waals surface area contributed by atoms with E-state index in [9.17, 15) is 34.2 Å². The SMILES string of the molecule is NC(=O)C1C(=O)C[C@@H]2C[C@@H]3Cc4c(-c5ccccc5)ccc(O)c4C(=O)C3C(=O)[C@]2(O)C1=O. The first kappa shape index (κ1) is 21.2. The fraction of sp³-hybridized carbons (Fsp3) is 0.320. The van der Waals surface area contributed by atoms with E-state index in [1.165, 1.54) is 6.07 Å². The average Bonchev–Trinajstić information content (AvgIpc) is 2.76. The van der Waals surface area contributed by atoms with Crippen LogP contribution in [0.2, 0.25) is 0 Å². The molecule has 0 aliphatic heterocycles. The highest BCUT2D eigenvalue weighted by Gasteiger charge is 2.66. The number of carbonyl (C=O) groups excluding carboxylic acids is 5. The van der Waals surface area contributed by atoms with Gasteiger partial charge in [0.25, 0.3) is 0 Å². The second-order valence-corrected chi connectivity index (χ2v) is 9.09. The Morgan fingerprint density at radius 2 is 1.67 bits per heavy atom. The van der Waals surface area contributed by atoms with Crippen molar-refractivity contribution in [2.24, 2.45) is 29.4 Å². The molecular formula is C25H21NO7. The standard InChI is InChI=1S/C25H21NO7/c26-24(32)20-17(28)10-13-8-12-9-15-14(11-4-2-1-3-5-11)6-7-16(27)19(15)21(29)18(12)22(30)25(13,33)23(20)31/h1-7,12-13,18,20,27,33H,8-10H2,(H2,26,32)/t12-,13+,18?,20?,25+/m1/s1. The van der Waals surface area contributed by atoms with Gasteiger partial charge in [0.1, 0.15) is 5.75 Å². The van der Waals surface area contributed by atoms with Crippen LogP contribution in [0.4, 0.5) is 0 Å². The molecule has 0 bridgehead atoms. The fourth-order valence-electron chi connectivity index (χ4n) is 5.86. The molecule has 4 N–H and O–H groups in total. The van der Waals surface area contributed by atoms with Crippen LogP contribution in [0, 0.1) is 23.7 Å². The van der Waals surface area contributed by atoms with E-state index in [4.69, 9.17) is 5.73 Å². The van der Waals surface area contributed by atoms with Crippen LogP contribution in [-0.2, 0) is 25.6 Å². The zero-order valence-electron chi connectivity index (χ0n) is 17.5. The first-order chi connectivity index (χ1) is 15.7. The maximum Gasteiger partial charge on any atom is 0.235 e. The summed E-state index contributed by atoms with van der Waals surface area (Å²) in [6, 6.07) is 12.4. The number of hydrogen-bond donors (Lipinski definition) is 3. The van der Waals surface area contributed by atoms with Crippen LogP contribution in [0.15, 0.2) is 42.5 Å². The number of fused-ring (bicyclic) bond motifs is 3. The van der Waals surface area contributed by atoms with Crippen molar-refractivity contribution >= 4 is 29.0 Å². The Balaban J connectivity index is 1.62. The Labute approximate surface area is 188 Å². The minimum Gasteiger partial charge on any atom is -0.507 e. The number of aliphatic hydroxyl groups is 1. The highest BCUT2D eigenvalue weighted by molar-refractivity contribution is 6.31. The van der Waals surface area contributed by atoms with Crippen LogP contribution in [0.5, 0.6) is 5.75 Å². The maximum absolute atomic E-state index is 13.5. The Kier molecular flexibility index (Phi) is 4.61. The van der Waals surface area contributed by atoms with Crippen LogP contribution in [-0.4, -0.2) is 44.9 Å². The Morgan fingerprint density at radius 1 is 0.970 bits per heavy atom. The lowest BCUT2D eigenvalue weighted by atomic mass is 9.53. The van der Waals surface area contributed by atoms with Crippen molar-refractivity contribution in [3.63, 3.8) is 0 Å². The Hall–Kier alpha value is -3.65. The number of ketones is 4. The lowest BCUT2D eigenvalue weighted by molar-refractivity contribution is -0.175. The van der Waals surface area contributed by atoms with Gasteiger partial charge < -0.3 is 15.9 Å². The summed E-state index contributed by atoms with van der Waals surface area (Å²) in [7, 11) is 0. The second-order valence-electron chi connectivity index (χ2n) is 9.09. The number of aromatic hydroxyl groups is 1. The number of amides is 1. The Morgan fingerprint density at radius 3 is 2.33 bits per heavy atom. The molecule has 0 saturated heterocycles. The molecule has 2 fully saturated rings. The largest absolute Gasteiger partial charge is 0.507 e. The first-order valence-electron chi connectivity index (χ1n) is 10.7. The van der Waals surface area contributed by atoms with E-state index in [1.54, 1.807) is 6.07 Å². The molecule has 5 rings (SSSR count). The molecule has 2 aromatic rings. The van der Waals surface area contributed by atoms with Gasteiger partial charge in [-0.2, -0.15) is 0 Å². The van der Waals surface area contributed by atoms with Gasteiger partial charge in [0.2, 0.25) is 5.91 Å². The van der Waals surface area contributed by atoms with E-state index < -0.39 is 58.3 Å². The van der Waals surface area contributed by atoms with E-state index in [1.807, 2.05) is 30.3 Å². The monoisotopic (exact) mass is 447 g/mol. The summed E-state index contributed by atoms with van der Waals surface area (Å²) in [5.74, 6) is -10.0. The van der Waals surface area contributed by atoms with Crippen molar-refractivity contribution in [3.05, 3.63) is 53.6 Å². The summed E-state index contributed by atoms with van der Waals surface area (Å²) in [6.45, 7) is 0. The summed E-state index contributed by atoms with van der Waals surface area (Å²) in [4.78, 5) is 64.0. The predicted molar refractivity (Wildman–Crippen MR) is 114 cm³/mol. The summed E-state index contributed by atoms with van der Waals surface area (Å²) >= 11 is 0. The lowest BCUT2D eigenvalue weighted by Gasteiger charge is -2.48. The lowest BCUT2D eigenvalue weighted by Crippen LogP contribution is -2.68. The van der Waals surface area contributed by atoms with E-state index in [2.05, 4.69) is 0 Å². The minimum atomic E-state index is -2.63. The average molecular weight is 447 g/mol. The van der Waals surface area contributed by atoms with Gasteiger partial charge in [0.15, 0.2) is 34.7 Å². The van der Waals surface area contributed by atoms with Crippen molar-refractivity contribution in [1.29, 1.82) is 0 Å². The molecule has 33 heavy (non-hydrogen) atoms. The van der Waals surface area contributed by atoms with Crippen LogP contribution in [0.25, 0.3) is 11.1 Å². The van der Waals surface area contributed by atoms with Crippen LogP contribution in [0.1, 0.15) is 28.8 Å². The molecule has 5 atom stereocenters. The number of nitrogens with two attached hydrogens (primary N) is 1. The van der Waals surface area contributed by atoms with Gasteiger partial charge >= 0.3 is 0 Å². The summed E-state index contributed by atoms with van der Waals surface area (Å²) in [6.07, 6.45) is -0.0211. The van der Waals surface area contributed by atoms with Crippen LogP contribution in [0.3, 0.4) is 0 Å². The molecule has 8 heteroatoms. The number of phenols is 1. The third kappa shape index (κ3) is 2.83. The number of Topliss-reactive ketones (excluding diaryl/α,β-unsaturated/α-hetero) is 4. The van der Waals surface area contributed by atoms with Gasteiger partial charge in [0.05, 0.1) is 11.5 Å². The molecule has 2 aromatic carbocycles. The molecule has 3 aliphatic rings. The number of primary amides is 1. The predicted octanol–water partition coefficient (Wildman–Crippen LogP) is 0.994. The number of rotatable bonds is 2. The molecule has 0 radical (unpaired) electrons. The van der Waals surface area contributed by atoms with Gasteiger partial charge in [-0.1, -0.05) is 36.4 Å². The molecule has 3 aliphatic carbocycles. The molecule has 0 spiro atoms. The number of benzene rings is 2. The second kappa shape index (κ2) is 7.18. The number of carbonyl (C=O) groups is 5. The van der Waals surface area contributed by atoms with Crippen molar-refractivity contribution < 1.29 is 34.2 Å². The quantitative estimate of drug-likeness (QED) is 0.581. The maximum atomic E-state index is 13.5.